The zero-order chi connectivity index (χ0) is 21.1. The van der Waals surface area contributed by atoms with Gasteiger partial charge in [-0.25, -0.2) is 9.18 Å². The van der Waals surface area contributed by atoms with E-state index in [-0.39, 0.29) is 41.8 Å². The zero-order valence-corrected chi connectivity index (χ0v) is 17.5. The molecule has 0 saturated heterocycles. The van der Waals surface area contributed by atoms with E-state index in [1.807, 2.05) is 27.7 Å². The lowest BCUT2D eigenvalue weighted by atomic mass is 9.85. The van der Waals surface area contributed by atoms with Crippen molar-refractivity contribution in [3.63, 3.8) is 0 Å². The van der Waals surface area contributed by atoms with Gasteiger partial charge in [0.1, 0.15) is 17.2 Å². The van der Waals surface area contributed by atoms with Crippen molar-refractivity contribution in [2.45, 2.75) is 71.5 Å². The predicted molar refractivity (Wildman–Crippen MR) is 110 cm³/mol. The lowest BCUT2D eigenvalue weighted by Gasteiger charge is -2.30. The van der Waals surface area contributed by atoms with Crippen LogP contribution < -0.4 is 16.0 Å². The Kier molecular flexibility index (Phi) is 6.45. The number of nitrogens with one attached hydrogen (secondary N) is 3. The molecule has 3 amide bonds. The second-order valence-corrected chi connectivity index (χ2v) is 8.30. The normalized spacial score (nSPS) is 20.5. The number of furan rings is 1. The Bertz CT molecular complexity index is 893. The number of fused-ring (bicyclic) bond motifs is 1. The van der Waals surface area contributed by atoms with Crippen molar-refractivity contribution in [2.24, 2.45) is 5.92 Å². The van der Waals surface area contributed by atoms with Gasteiger partial charge in [0.2, 0.25) is 5.91 Å². The minimum absolute atomic E-state index is 0.0373. The standard InChI is InChI=1S/C22H30FN3O3/c1-12(2)24-21(27)15-6-5-7-17(10-15)26-22(28)25-14(4)20-13(3)18-11-16(23)8-9-19(18)29-20/h8-9,11-12,14-15,17H,5-7,10H2,1-4H3,(H,24,27)(H2,25,26,28). The Morgan fingerprint density at radius 2 is 1.93 bits per heavy atom. The summed E-state index contributed by atoms with van der Waals surface area (Å²) < 4.78 is 19.3. The SMILES string of the molecule is Cc1c(C(C)NC(=O)NC2CCCC(C(=O)NC(C)C)C2)oc2ccc(F)cc12. The molecule has 158 valence electrons. The van der Waals surface area contributed by atoms with Gasteiger partial charge in [-0.05, 0) is 65.2 Å². The number of urea groups is 1. The van der Waals surface area contributed by atoms with Crippen LogP contribution >= 0.6 is 0 Å². The largest absolute Gasteiger partial charge is 0.459 e. The number of carbonyl (C=O) groups is 2. The van der Waals surface area contributed by atoms with Gasteiger partial charge in [-0.2, -0.15) is 0 Å². The van der Waals surface area contributed by atoms with Crippen molar-refractivity contribution in [3.8, 4) is 0 Å². The molecule has 0 aliphatic heterocycles. The molecule has 3 atom stereocenters. The Morgan fingerprint density at radius 3 is 2.66 bits per heavy atom. The van der Waals surface area contributed by atoms with Crippen LogP contribution in [0.1, 0.15) is 63.8 Å². The molecule has 3 rings (SSSR count). The molecule has 29 heavy (non-hydrogen) atoms. The molecule has 3 N–H and O–H groups in total. The molecule has 0 spiro atoms. The number of hydrogen-bond acceptors (Lipinski definition) is 3. The van der Waals surface area contributed by atoms with E-state index in [1.165, 1.54) is 12.1 Å². The summed E-state index contributed by atoms with van der Waals surface area (Å²) in [4.78, 5) is 24.8. The van der Waals surface area contributed by atoms with Crippen LogP contribution in [-0.2, 0) is 4.79 Å². The monoisotopic (exact) mass is 403 g/mol. The van der Waals surface area contributed by atoms with Gasteiger partial charge in [0.25, 0.3) is 0 Å². The fraction of sp³-hybridized carbons (Fsp3) is 0.545. The summed E-state index contributed by atoms with van der Waals surface area (Å²) in [7, 11) is 0. The van der Waals surface area contributed by atoms with Crippen molar-refractivity contribution in [2.75, 3.05) is 0 Å². The fourth-order valence-electron chi connectivity index (χ4n) is 4.08. The van der Waals surface area contributed by atoms with E-state index >= 15 is 0 Å². The van der Waals surface area contributed by atoms with E-state index in [1.54, 1.807) is 6.07 Å². The van der Waals surface area contributed by atoms with Gasteiger partial charge < -0.3 is 20.4 Å². The van der Waals surface area contributed by atoms with Crippen molar-refractivity contribution in [1.29, 1.82) is 0 Å². The zero-order valence-electron chi connectivity index (χ0n) is 17.5. The molecule has 3 unspecified atom stereocenters. The highest BCUT2D eigenvalue weighted by atomic mass is 19.1. The lowest BCUT2D eigenvalue weighted by Crippen LogP contribution is -2.47. The smallest absolute Gasteiger partial charge is 0.315 e. The first kappa shape index (κ1) is 21.1. The Balaban J connectivity index is 1.59. The van der Waals surface area contributed by atoms with Crippen LogP contribution in [0, 0.1) is 18.7 Å². The van der Waals surface area contributed by atoms with Crippen LogP contribution in [-0.4, -0.2) is 24.0 Å². The van der Waals surface area contributed by atoms with E-state index in [9.17, 15) is 14.0 Å². The van der Waals surface area contributed by atoms with E-state index in [0.29, 0.717) is 23.2 Å². The molecular weight excluding hydrogens is 373 g/mol. The van der Waals surface area contributed by atoms with Crippen LogP contribution in [0.3, 0.4) is 0 Å². The number of halogens is 1. The van der Waals surface area contributed by atoms with Gasteiger partial charge in [-0.1, -0.05) is 6.42 Å². The molecule has 1 heterocycles. The highest BCUT2D eigenvalue weighted by molar-refractivity contribution is 5.83. The summed E-state index contributed by atoms with van der Waals surface area (Å²) in [5.41, 5.74) is 1.41. The van der Waals surface area contributed by atoms with Crippen LogP contribution in [0.4, 0.5) is 9.18 Å². The minimum Gasteiger partial charge on any atom is -0.459 e. The average molecular weight is 403 g/mol. The average Bonchev–Trinajstić information content (AvgIpc) is 2.97. The van der Waals surface area contributed by atoms with Gasteiger partial charge in [0, 0.05) is 29.0 Å². The molecule has 0 radical (unpaired) electrons. The first-order valence-electron chi connectivity index (χ1n) is 10.3. The maximum atomic E-state index is 13.5. The number of hydrogen-bond donors (Lipinski definition) is 3. The third-order valence-electron chi connectivity index (χ3n) is 5.49. The maximum Gasteiger partial charge on any atom is 0.315 e. The Morgan fingerprint density at radius 1 is 1.17 bits per heavy atom. The molecule has 0 bridgehead atoms. The number of aryl methyl sites for hydroxylation is 1. The third-order valence-corrected chi connectivity index (χ3v) is 5.49. The molecule has 7 heteroatoms. The van der Waals surface area contributed by atoms with Gasteiger partial charge >= 0.3 is 6.03 Å². The molecule has 6 nitrogen and oxygen atoms in total. The number of amides is 3. The highest BCUT2D eigenvalue weighted by Gasteiger charge is 2.29. The summed E-state index contributed by atoms with van der Waals surface area (Å²) in [5.74, 6) is 0.282. The second-order valence-electron chi connectivity index (χ2n) is 8.30. The minimum atomic E-state index is -0.367. The predicted octanol–water partition coefficient (Wildman–Crippen LogP) is 4.32. The fourth-order valence-corrected chi connectivity index (χ4v) is 4.08. The molecule has 1 aliphatic carbocycles. The Hall–Kier alpha value is -2.57. The number of carbonyl (C=O) groups excluding carboxylic acids is 2. The molecular formula is C22H30FN3O3. The summed E-state index contributed by atoms with van der Waals surface area (Å²) in [5, 5.41) is 9.55. The van der Waals surface area contributed by atoms with Crippen LogP contribution in [0.15, 0.2) is 22.6 Å². The van der Waals surface area contributed by atoms with Gasteiger partial charge in [-0.15, -0.1) is 0 Å². The quantitative estimate of drug-likeness (QED) is 0.695. The van der Waals surface area contributed by atoms with Gasteiger partial charge in [0.15, 0.2) is 0 Å². The summed E-state index contributed by atoms with van der Waals surface area (Å²) >= 11 is 0. The lowest BCUT2D eigenvalue weighted by molar-refractivity contribution is -0.126. The maximum absolute atomic E-state index is 13.5. The summed E-state index contributed by atoms with van der Waals surface area (Å²) in [6, 6.07) is 3.81. The summed E-state index contributed by atoms with van der Waals surface area (Å²) in [6.07, 6.45) is 3.26. The molecule has 1 saturated carbocycles. The molecule has 1 aliphatic rings. The number of rotatable bonds is 5. The second kappa shape index (κ2) is 8.84. The third kappa shape index (κ3) is 5.08. The summed E-state index contributed by atoms with van der Waals surface area (Å²) in [6.45, 7) is 7.58. The van der Waals surface area contributed by atoms with E-state index in [4.69, 9.17) is 4.42 Å². The van der Waals surface area contributed by atoms with Crippen molar-refractivity contribution >= 4 is 22.9 Å². The molecule has 1 aromatic heterocycles. The molecule has 1 fully saturated rings. The van der Waals surface area contributed by atoms with E-state index < -0.39 is 0 Å². The molecule has 2 aromatic rings. The topological polar surface area (TPSA) is 83.4 Å². The number of benzene rings is 1. The van der Waals surface area contributed by atoms with Gasteiger partial charge in [-0.3, -0.25) is 4.79 Å². The van der Waals surface area contributed by atoms with Crippen molar-refractivity contribution in [3.05, 3.63) is 35.3 Å². The van der Waals surface area contributed by atoms with Crippen LogP contribution in [0.25, 0.3) is 11.0 Å². The van der Waals surface area contributed by atoms with Crippen molar-refractivity contribution < 1.29 is 18.4 Å². The highest BCUT2D eigenvalue weighted by Crippen LogP contribution is 2.30. The Labute approximate surface area is 170 Å². The van der Waals surface area contributed by atoms with Crippen LogP contribution in [0.2, 0.25) is 0 Å². The first-order chi connectivity index (χ1) is 13.7. The van der Waals surface area contributed by atoms with Crippen molar-refractivity contribution in [1.82, 2.24) is 16.0 Å². The molecule has 1 aromatic carbocycles. The first-order valence-corrected chi connectivity index (χ1v) is 10.3. The van der Waals surface area contributed by atoms with E-state index in [2.05, 4.69) is 16.0 Å². The van der Waals surface area contributed by atoms with Crippen LogP contribution in [0.5, 0.6) is 0 Å². The van der Waals surface area contributed by atoms with E-state index in [0.717, 1.165) is 24.8 Å². The van der Waals surface area contributed by atoms with Gasteiger partial charge in [0.05, 0.1) is 6.04 Å².